The molecule has 0 radical (unpaired) electrons. The fourth-order valence-electron chi connectivity index (χ4n) is 2.73. The van der Waals surface area contributed by atoms with Gasteiger partial charge in [0.25, 0.3) is 11.8 Å². The molecule has 1 aliphatic rings. The second kappa shape index (κ2) is 8.95. The summed E-state index contributed by atoms with van der Waals surface area (Å²) >= 11 is 0. The van der Waals surface area contributed by atoms with Crippen molar-refractivity contribution in [2.45, 2.75) is 25.7 Å². The van der Waals surface area contributed by atoms with E-state index < -0.39 is 23.8 Å². The number of azo groups is 1. The summed E-state index contributed by atoms with van der Waals surface area (Å²) in [5.41, 5.74) is 0.868. The highest BCUT2D eigenvalue weighted by atomic mass is 16.7. The van der Waals surface area contributed by atoms with Crippen molar-refractivity contribution in [3.8, 4) is 5.75 Å². The van der Waals surface area contributed by atoms with Gasteiger partial charge in [-0.15, -0.1) is 10.2 Å². The Morgan fingerprint density at radius 2 is 1.73 bits per heavy atom. The van der Waals surface area contributed by atoms with E-state index in [1.54, 1.807) is 12.1 Å². The highest BCUT2D eigenvalue weighted by Gasteiger charge is 2.32. The SMILES string of the molecule is O=C(CCc1cc(N=Nc2ccccc2C(=O)O)ccc1O)ON1C(=O)CCC1=O. The number of carboxylic acid groups (broad SMARTS) is 1. The molecule has 0 spiro atoms. The van der Waals surface area contributed by atoms with E-state index in [0.717, 1.165) is 0 Å². The second-order valence-electron chi connectivity index (χ2n) is 6.38. The van der Waals surface area contributed by atoms with Crippen LogP contribution in [0.4, 0.5) is 11.4 Å². The number of carbonyl (C=O) groups is 4. The van der Waals surface area contributed by atoms with Crippen molar-refractivity contribution in [2.75, 3.05) is 0 Å². The molecule has 3 rings (SSSR count). The standard InChI is InChI=1S/C20H17N3O7/c24-16-7-6-13(21-22-15-4-2-1-3-14(15)20(28)29)11-12(16)5-10-19(27)30-23-17(25)8-9-18(23)26/h1-4,6-7,11,24H,5,8-10H2,(H,28,29). The number of carbonyl (C=O) groups excluding carboxylic acids is 3. The average Bonchev–Trinajstić information content (AvgIpc) is 3.04. The number of aromatic carboxylic acids is 1. The van der Waals surface area contributed by atoms with Crippen molar-refractivity contribution in [3.05, 3.63) is 53.6 Å². The Labute approximate surface area is 170 Å². The first-order chi connectivity index (χ1) is 14.3. The number of hydroxylamine groups is 2. The Kier molecular flexibility index (Phi) is 6.16. The van der Waals surface area contributed by atoms with Gasteiger partial charge in [0.05, 0.1) is 17.7 Å². The predicted octanol–water partition coefficient (Wildman–Crippen LogP) is 3.05. The minimum absolute atomic E-state index is 0.00492. The van der Waals surface area contributed by atoms with Crippen LogP contribution >= 0.6 is 0 Å². The van der Waals surface area contributed by atoms with E-state index in [2.05, 4.69) is 10.2 Å². The Hall–Kier alpha value is -4.08. The molecule has 0 bridgehead atoms. The number of nitrogens with zero attached hydrogens (tertiary/aromatic N) is 3. The van der Waals surface area contributed by atoms with E-state index in [9.17, 15) is 29.4 Å². The monoisotopic (exact) mass is 411 g/mol. The molecule has 1 aliphatic heterocycles. The van der Waals surface area contributed by atoms with Crippen molar-refractivity contribution >= 4 is 35.1 Å². The Bertz CT molecular complexity index is 1030. The van der Waals surface area contributed by atoms with Gasteiger partial charge in [0.15, 0.2) is 0 Å². The van der Waals surface area contributed by atoms with Crippen LogP contribution in [0.25, 0.3) is 0 Å². The normalized spacial score (nSPS) is 13.8. The van der Waals surface area contributed by atoms with Gasteiger partial charge in [-0.25, -0.2) is 9.59 Å². The highest BCUT2D eigenvalue weighted by Crippen LogP contribution is 2.27. The minimum Gasteiger partial charge on any atom is -0.508 e. The van der Waals surface area contributed by atoms with E-state index in [-0.39, 0.29) is 42.7 Å². The topological polar surface area (TPSA) is 146 Å². The first-order valence-electron chi connectivity index (χ1n) is 8.97. The number of aromatic hydroxyl groups is 1. The summed E-state index contributed by atoms with van der Waals surface area (Å²) in [4.78, 5) is 50.9. The maximum Gasteiger partial charge on any atom is 0.337 e. The van der Waals surface area contributed by atoms with Crippen molar-refractivity contribution in [1.29, 1.82) is 0 Å². The maximum atomic E-state index is 11.9. The van der Waals surface area contributed by atoms with Gasteiger partial charge in [0, 0.05) is 12.8 Å². The zero-order valence-corrected chi connectivity index (χ0v) is 15.6. The Morgan fingerprint density at radius 1 is 1.03 bits per heavy atom. The second-order valence-corrected chi connectivity index (χ2v) is 6.38. The molecule has 0 saturated carbocycles. The smallest absolute Gasteiger partial charge is 0.337 e. The summed E-state index contributed by atoms with van der Waals surface area (Å²) in [6.45, 7) is 0. The molecule has 1 saturated heterocycles. The molecule has 1 heterocycles. The van der Waals surface area contributed by atoms with Gasteiger partial charge < -0.3 is 15.1 Å². The summed E-state index contributed by atoms with van der Waals surface area (Å²) in [6.07, 6.45) is -0.112. The van der Waals surface area contributed by atoms with E-state index in [4.69, 9.17) is 4.84 Å². The van der Waals surface area contributed by atoms with Gasteiger partial charge in [-0.3, -0.25) is 9.59 Å². The Morgan fingerprint density at radius 3 is 2.43 bits per heavy atom. The van der Waals surface area contributed by atoms with Gasteiger partial charge in [-0.2, -0.15) is 5.11 Å². The molecule has 2 amide bonds. The number of aryl methyl sites for hydroxylation is 1. The van der Waals surface area contributed by atoms with Crippen LogP contribution in [0.5, 0.6) is 5.75 Å². The molecule has 2 N–H and O–H groups in total. The number of hydrogen-bond acceptors (Lipinski definition) is 8. The van der Waals surface area contributed by atoms with E-state index in [1.165, 1.54) is 30.3 Å². The quantitative estimate of drug-likeness (QED) is 0.526. The molecule has 0 aliphatic carbocycles. The van der Waals surface area contributed by atoms with Crippen LogP contribution in [0.3, 0.4) is 0 Å². The lowest BCUT2D eigenvalue weighted by Gasteiger charge is -2.12. The molecule has 0 unspecified atom stereocenters. The molecule has 154 valence electrons. The van der Waals surface area contributed by atoms with Crippen LogP contribution in [0.2, 0.25) is 0 Å². The minimum atomic E-state index is -1.13. The molecule has 0 aromatic heterocycles. The summed E-state index contributed by atoms with van der Waals surface area (Å²) in [5, 5.41) is 27.6. The number of phenolic OH excluding ortho intramolecular Hbond substituents is 1. The fourth-order valence-corrected chi connectivity index (χ4v) is 2.73. The summed E-state index contributed by atoms with van der Waals surface area (Å²) < 4.78 is 0. The third-order valence-corrected chi connectivity index (χ3v) is 4.27. The molecule has 1 fully saturated rings. The number of rotatable bonds is 7. The number of imide groups is 1. The van der Waals surface area contributed by atoms with Crippen LogP contribution in [0.15, 0.2) is 52.7 Å². The van der Waals surface area contributed by atoms with Gasteiger partial charge >= 0.3 is 11.9 Å². The predicted molar refractivity (Wildman–Crippen MR) is 101 cm³/mol. The average molecular weight is 411 g/mol. The van der Waals surface area contributed by atoms with Crippen molar-refractivity contribution < 1.29 is 34.2 Å². The maximum absolute atomic E-state index is 11.9. The zero-order chi connectivity index (χ0) is 21.7. The summed E-state index contributed by atoms with van der Waals surface area (Å²) in [5.74, 6) is -3.15. The van der Waals surface area contributed by atoms with Crippen LogP contribution < -0.4 is 0 Å². The third-order valence-electron chi connectivity index (χ3n) is 4.27. The molecule has 10 heteroatoms. The lowest BCUT2D eigenvalue weighted by atomic mass is 10.1. The number of hydrogen-bond donors (Lipinski definition) is 2. The van der Waals surface area contributed by atoms with Crippen LogP contribution in [-0.4, -0.2) is 39.0 Å². The van der Waals surface area contributed by atoms with Gasteiger partial charge in [-0.1, -0.05) is 12.1 Å². The molecule has 2 aromatic rings. The Balaban J connectivity index is 1.67. The zero-order valence-electron chi connectivity index (χ0n) is 15.6. The lowest BCUT2D eigenvalue weighted by molar-refractivity contribution is -0.197. The van der Waals surface area contributed by atoms with E-state index in [0.29, 0.717) is 16.3 Å². The van der Waals surface area contributed by atoms with Crippen LogP contribution in [-0.2, 0) is 25.6 Å². The van der Waals surface area contributed by atoms with Gasteiger partial charge in [-0.05, 0) is 42.3 Å². The van der Waals surface area contributed by atoms with Gasteiger partial charge in [0.2, 0.25) is 0 Å². The third kappa shape index (κ3) is 4.85. The number of benzene rings is 2. The number of carboxylic acids is 1. The first kappa shape index (κ1) is 20.6. The molecular weight excluding hydrogens is 394 g/mol. The van der Waals surface area contributed by atoms with Crippen molar-refractivity contribution in [1.82, 2.24) is 5.06 Å². The molecule has 30 heavy (non-hydrogen) atoms. The van der Waals surface area contributed by atoms with E-state index >= 15 is 0 Å². The van der Waals surface area contributed by atoms with Crippen molar-refractivity contribution in [2.24, 2.45) is 10.2 Å². The highest BCUT2D eigenvalue weighted by molar-refractivity contribution is 6.01. The molecule has 2 aromatic carbocycles. The molecule has 0 atom stereocenters. The number of phenols is 1. The fraction of sp³-hybridized carbons (Fsp3) is 0.200. The summed E-state index contributed by atoms with van der Waals surface area (Å²) in [6, 6.07) is 10.4. The molecule has 10 nitrogen and oxygen atoms in total. The summed E-state index contributed by atoms with van der Waals surface area (Å²) in [7, 11) is 0. The molecular formula is C20H17N3O7. The van der Waals surface area contributed by atoms with Crippen molar-refractivity contribution in [3.63, 3.8) is 0 Å². The van der Waals surface area contributed by atoms with Gasteiger partial charge in [0.1, 0.15) is 11.4 Å². The van der Waals surface area contributed by atoms with Crippen LogP contribution in [0, 0.1) is 0 Å². The first-order valence-corrected chi connectivity index (χ1v) is 8.97. The van der Waals surface area contributed by atoms with E-state index in [1.807, 2.05) is 0 Å². The lowest BCUT2D eigenvalue weighted by Crippen LogP contribution is -2.32. The van der Waals surface area contributed by atoms with Crippen LogP contribution in [0.1, 0.15) is 35.2 Å². The largest absolute Gasteiger partial charge is 0.508 e. The number of amides is 2.